The van der Waals surface area contributed by atoms with Crippen molar-refractivity contribution in [3.05, 3.63) is 57.2 Å². The van der Waals surface area contributed by atoms with E-state index < -0.39 is 0 Å². The van der Waals surface area contributed by atoms with Crippen molar-refractivity contribution in [3.8, 4) is 28.5 Å². The monoisotopic (exact) mass is 417 g/mol. The second-order valence-electron chi connectivity index (χ2n) is 5.72. The highest BCUT2D eigenvalue weighted by atomic mass is 35.5. The van der Waals surface area contributed by atoms with Crippen LogP contribution in [0, 0.1) is 0 Å². The fraction of sp³-hybridized carbons (Fsp3) is 0.200. The van der Waals surface area contributed by atoms with E-state index in [1.165, 1.54) is 25.6 Å². The zero-order valence-electron chi connectivity index (χ0n) is 15.7. The lowest BCUT2D eigenvalue weighted by molar-refractivity contribution is 0.340. The van der Waals surface area contributed by atoms with Gasteiger partial charge in [0.2, 0.25) is 10.6 Å². The summed E-state index contributed by atoms with van der Waals surface area (Å²) in [6, 6.07) is 10.9. The summed E-state index contributed by atoms with van der Waals surface area (Å²) >= 11 is 7.52. The number of rotatable bonds is 6. The number of nitrogens with zero attached hydrogens (tertiary/aromatic N) is 3. The van der Waals surface area contributed by atoms with Gasteiger partial charge in [0.25, 0.3) is 0 Å². The molecule has 1 heterocycles. The molecule has 0 spiro atoms. The Hall–Kier alpha value is -2.77. The van der Waals surface area contributed by atoms with Crippen LogP contribution in [0.15, 0.2) is 51.9 Å². The molecule has 146 valence electrons. The topological polar surface area (TPSA) is 68.3 Å². The highest BCUT2D eigenvalue weighted by Crippen LogP contribution is 2.36. The Bertz CT molecular complexity index is 1030. The van der Waals surface area contributed by atoms with Crippen molar-refractivity contribution in [1.29, 1.82) is 0 Å². The summed E-state index contributed by atoms with van der Waals surface area (Å²) in [5.41, 5.74) is 2.61. The lowest BCUT2D eigenvalue weighted by Gasteiger charge is -2.09. The quantitative estimate of drug-likeness (QED) is 0.604. The largest absolute Gasteiger partial charge is 0.502 e. The SMILES string of the molecule is CCN=c1scc(-c2ccc(Cl)cc2)n1/N=C/c1cc(OC)c(O)c(OC)c1. The van der Waals surface area contributed by atoms with Gasteiger partial charge in [-0.2, -0.15) is 5.10 Å². The van der Waals surface area contributed by atoms with E-state index in [4.69, 9.17) is 21.1 Å². The van der Waals surface area contributed by atoms with E-state index in [0.29, 0.717) is 23.1 Å². The number of thiazole rings is 1. The van der Waals surface area contributed by atoms with E-state index in [9.17, 15) is 5.11 Å². The average molecular weight is 418 g/mol. The Balaban J connectivity index is 2.08. The normalized spacial score (nSPS) is 11.9. The number of benzene rings is 2. The molecule has 1 aromatic heterocycles. The first-order valence-corrected chi connectivity index (χ1v) is 9.79. The van der Waals surface area contributed by atoms with Crippen molar-refractivity contribution in [2.75, 3.05) is 20.8 Å². The summed E-state index contributed by atoms with van der Waals surface area (Å²) in [6.07, 6.45) is 1.67. The predicted molar refractivity (Wildman–Crippen MR) is 113 cm³/mol. The molecule has 2 aromatic carbocycles. The lowest BCUT2D eigenvalue weighted by atomic mass is 10.2. The van der Waals surface area contributed by atoms with Gasteiger partial charge in [0, 0.05) is 28.1 Å². The summed E-state index contributed by atoms with van der Waals surface area (Å²) < 4.78 is 12.2. The maximum atomic E-state index is 10.1. The van der Waals surface area contributed by atoms with Gasteiger partial charge < -0.3 is 14.6 Å². The van der Waals surface area contributed by atoms with Crippen LogP contribution in [0.3, 0.4) is 0 Å². The van der Waals surface area contributed by atoms with Crippen LogP contribution in [0.4, 0.5) is 0 Å². The van der Waals surface area contributed by atoms with Crippen LogP contribution in [0.25, 0.3) is 11.3 Å². The summed E-state index contributed by atoms with van der Waals surface area (Å²) in [6.45, 7) is 2.63. The number of phenolic OH excluding ortho intramolecular Hbond substituents is 1. The van der Waals surface area contributed by atoms with E-state index in [1.807, 2.05) is 36.6 Å². The molecule has 0 aliphatic carbocycles. The number of halogens is 1. The van der Waals surface area contributed by atoms with Crippen molar-refractivity contribution in [2.45, 2.75) is 6.92 Å². The molecule has 1 N–H and O–H groups in total. The van der Waals surface area contributed by atoms with Crippen LogP contribution in [0.5, 0.6) is 17.2 Å². The third-order valence-corrected chi connectivity index (χ3v) is 5.05. The number of hydrogen-bond donors (Lipinski definition) is 1. The van der Waals surface area contributed by atoms with Crippen molar-refractivity contribution < 1.29 is 14.6 Å². The molecule has 0 bridgehead atoms. The van der Waals surface area contributed by atoms with E-state index in [1.54, 1.807) is 23.0 Å². The number of methoxy groups -OCH3 is 2. The highest BCUT2D eigenvalue weighted by Gasteiger charge is 2.11. The number of aromatic hydroxyl groups is 1. The van der Waals surface area contributed by atoms with Crippen LogP contribution in [0.2, 0.25) is 5.02 Å². The van der Waals surface area contributed by atoms with Crippen molar-refractivity contribution in [2.24, 2.45) is 10.1 Å². The molecule has 0 amide bonds. The molecule has 0 saturated heterocycles. The number of ether oxygens (including phenoxy) is 2. The average Bonchev–Trinajstić information content (AvgIpc) is 3.10. The van der Waals surface area contributed by atoms with Crippen LogP contribution >= 0.6 is 22.9 Å². The van der Waals surface area contributed by atoms with Crippen LogP contribution in [0.1, 0.15) is 12.5 Å². The molecule has 0 unspecified atom stereocenters. The minimum absolute atomic E-state index is 0.0474. The standard InChI is InChI=1S/C20H20ClN3O3S/c1-4-22-20-24(16(12-28-20)14-5-7-15(21)8-6-14)23-11-13-9-17(26-2)19(25)18(10-13)27-3/h5-12,25H,4H2,1-3H3/b22-20?,23-11+. The molecular formula is C20H20ClN3O3S. The van der Waals surface area contributed by atoms with Crippen LogP contribution in [-0.2, 0) is 0 Å². The smallest absolute Gasteiger partial charge is 0.206 e. The molecule has 6 nitrogen and oxygen atoms in total. The van der Waals surface area contributed by atoms with E-state index >= 15 is 0 Å². The molecular weight excluding hydrogens is 398 g/mol. The molecule has 0 aliphatic rings. The summed E-state index contributed by atoms with van der Waals surface area (Å²) in [5.74, 6) is 0.578. The summed E-state index contributed by atoms with van der Waals surface area (Å²) in [5, 5.41) is 17.4. The lowest BCUT2D eigenvalue weighted by Crippen LogP contribution is -2.12. The van der Waals surface area contributed by atoms with E-state index in [2.05, 4.69) is 10.1 Å². The maximum absolute atomic E-state index is 10.1. The van der Waals surface area contributed by atoms with Gasteiger partial charge in [-0.1, -0.05) is 23.7 Å². The number of phenols is 1. The van der Waals surface area contributed by atoms with Crippen molar-refractivity contribution in [3.63, 3.8) is 0 Å². The molecule has 0 atom stereocenters. The van der Waals surface area contributed by atoms with Gasteiger partial charge in [0.15, 0.2) is 11.5 Å². The summed E-state index contributed by atoms with van der Waals surface area (Å²) in [7, 11) is 2.97. The molecule has 0 radical (unpaired) electrons. The first-order valence-electron chi connectivity index (χ1n) is 8.53. The molecule has 0 fully saturated rings. The highest BCUT2D eigenvalue weighted by molar-refractivity contribution is 7.07. The Morgan fingerprint density at radius 3 is 2.36 bits per heavy atom. The Labute approximate surface area is 172 Å². The molecule has 0 aliphatic heterocycles. The minimum Gasteiger partial charge on any atom is -0.502 e. The van der Waals surface area contributed by atoms with Crippen LogP contribution < -0.4 is 14.3 Å². The van der Waals surface area contributed by atoms with Crippen molar-refractivity contribution in [1.82, 2.24) is 4.68 Å². The van der Waals surface area contributed by atoms with Gasteiger partial charge in [0.1, 0.15) is 0 Å². The van der Waals surface area contributed by atoms with Crippen LogP contribution in [-0.4, -0.2) is 36.8 Å². The second-order valence-corrected chi connectivity index (χ2v) is 6.99. The molecule has 3 aromatic rings. The first kappa shape index (κ1) is 20.0. The third kappa shape index (κ3) is 4.21. The first-order chi connectivity index (χ1) is 13.6. The van der Waals surface area contributed by atoms with Gasteiger partial charge in [-0.05, 0) is 31.2 Å². The molecule has 3 rings (SSSR count). The van der Waals surface area contributed by atoms with Gasteiger partial charge in [-0.3, -0.25) is 4.99 Å². The van der Waals surface area contributed by atoms with Gasteiger partial charge in [-0.25, -0.2) is 4.68 Å². The van der Waals surface area contributed by atoms with Crippen molar-refractivity contribution >= 4 is 29.2 Å². The Kier molecular flexibility index (Phi) is 6.38. The molecule has 0 saturated carbocycles. The maximum Gasteiger partial charge on any atom is 0.206 e. The van der Waals surface area contributed by atoms with Gasteiger partial charge >= 0.3 is 0 Å². The Morgan fingerprint density at radius 1 is 1.14 bits per heavy atom. The molecule has 8 heteroatoms. The minimum atomic E-state index is -0.0474. The zero-order chi connectivity index (χ0) is 20.1. The van der Waals surface area contributed by atoms with Gasteiger partial charge in [-0.15, -0.1) is 11.3 Å². The predicted octanol–water partition coefficient (Wildman–Crippen LogP) is 4.40. The van der Waals surface area contributed by atoms with E-state index in [0.717, 1.165) is 21.6 Å². The zero-order valence-corrected chi connectivity index (χ0v) is 17.3. The number of aromatic nitrogens is 1. The van der Waals surface area contributed by atoms with E-state index in [-0.39, 0.29) is 5.75 Å². The second kappa shape index (κ2) is 8.95. The number of hydrogen-bond acceptors (Lipinski definition) is 6. The third-order valence-electron chi connectivity index (χ3n) is 3.94. The summed E-state index contributed by atoms with van der Waals surface area (Å²) in [4.78, 5) is 5.30. The Morgan fingerprint density at radius 2 is 1.79 bits per heavy atom. The fourth-order valence-corrected chi connectivity index (χ4v) is 3.61. The fourth-order valence-electron chi connectivity index (χ4n) is 2.59. The molecule has 28 heavy (non-hydrogen) atoms. The van der Waals surface area contributed by atoms with Gasteiger partial charge in [0.05, 0.1) is 26.1 Å².